The van der Waals surface area contributed by atoms with Gasteiger partial charge in [0, 0.05) is 6.20 Å². The minimum Gasteiger partial charge on any atom is -0.302 e. The van der Waals surface area contributed by atoms with Gasteiger partial charge >= 0.3 is 0 Å². The third-order valence-electron chi connectivity index (χ3n) is 5.81. The van der Waals surface area contributed by atoms with Crippen LogP contribution in [0.15, 0.2) is 30.6 Å². The lowest BCUT2D eigenvalue weighted by atomic mass is 9.53. The Hall–Kier alpha value is -1.91. The lowest BCUT2D eigenvalue weighted by molar-refractivity contribution is 0.00374. The predicted molar refractivity (Wildman–Crippen MR) is 83.5 cm³/mol. The highest BCUT2D eigenvalue weighted by molar-refractivity contribution is 5.51. The van der Waals surface area contributed by atoms with Crippen LogP contribution in [0.25, 0.3) is 11.4 Å². The van der Waals surface area contributed by atoms with E-state index < -0.39 is 0 Å². The average molecular weight is 295 g/mol. The Bertz CT molecular complexity index is 642. The lowest BCUT2D eigenvalue weighted by Gasteiger charge is -2.56. The maximum atomic E-state index is 4.35. The Morgan fingerprint density at radius 3 is 2.36 bits per heavy atom. The van der Waals surface area contributed by atoms with E-state index in [2.05, 4.69) is 20.7 Å². The molecule has 22 heavy (non-hydrogen) atoms. The summed E-state index contributed by atoms with van der Waals surface area (Å²) in [5, 5.41) is 8.56. The normalized spacial score (nSPS) is 35.7. The van der Waals surface area contributed by atoms with Crippen molar-refractivity contribution in [1.29, 1.82) is 0 Å². The number of hydrogen-bond acceptors (Lipinski definition) is 4. The van der Waals surface area contributed by atoms with E-state index in [1.807, 2.05) is 29.2 Å². The van der Waals surface area contributed by atoms with Crippen molar-refractivity contribution in [2.75, 3.05) is 5.43 Å². The van der Waals surface area contributed by atoms with Gasteiger partial charge in [-0.25, -0.2) is 0 Å². The summed E-state index contributed by atoms with van der Waals surface area (Å²) in [4.78, 5) is 6.18. The molecule has 114 valence electrons. The molecule has 2 aromatic heterocycles. The van der Waals surface area contributed by atoms with Gasteiger partial charge in [-0.1, -0.05) is 6.07 Å². The van der Waals surface area contributed by atoms with E-state index in [-0.39, 0.29) is 5.54 Å². The van der Waals surface area contributed by atoms with Crippen molar-refractivity contribution < 1.29 is 0 Å². The molecule has 5 nitrogen and oxygen atoms in total. The van der Waals surface area contributed by atoms with Gasteiger partial charge in [0.05, 0.1) is 17.4 Å². The third-order valence-corrected chi connectivity index (χ3v) is 5.81. The summed E-state index contributed by atoms with van der Waals surface area (Å²) >= 11 is 0. The largest absolute Gasteiger partial charge is 0.302 e. The molecule has 1 N–H and O–H groups in total. The van der Waals surface area contributed by atoms with Crippen molar-refractivity contribution in [3.05, 3.63) is 30.6 Å². The van der Waals surface area contributed by atoms with Gasteiger partial charge in [-0.05, 0) is 73.6 Å². The molecule has 0 spiro atoms. The molecule has 0 atom stereocenters. The highest BCUT2D eigenvalue weighted by Crippen LogP contribution is 2.55. The van der Waals surface area contributed by atoms with Crippen LogP contribution in [0.5, 0.6) is 0 Å². The molecule has 0 aromatic carbocycles. The molecule has 6 rings (SSSR count). The van der Waals surface area contributed by atoms with Crippen LogP contribution in [0.3, 0.4) is 0 Å². The van der Waals surface area contributed by atoms with E-state index in [0.29, 0.717) is 0 Å². The monoisotopic (exact) mass is 295 g/mol. The lowest BCUT2D eigenvalue weighted by Crippen LogP contribution is -2.57. The first-order chi connectivity index (χ1) is 10.8. The minimum absolute atomic E-state index is 0.254. The number of pyridine rings is 1. The van der Waals surface area contributed by atoms with Gasteiger partial charge in [0.15, 0.2) is 0 Å². The van der Waals surface area contributed by atoms with Crippen LogP contribution in [0.4, 0.5) is 0 Å². The Labute approximate surface area is 130 Å². The maximum Gasteiger partial charge on any atom is 0.133 e. The fourth-order valence-corrected chi connectivity index (χ4v) is 5.44. The highest BCUT2D eigenvalue weighted by Gasteiger charge is 2.51. The Morgan fingerprint density at radius 2 is 1.73 bits per heavy atom. The van der Waals surface area contributed by atoms with Gasteiger partial charge < -0.3 is 5.43 Å². The van der Waals surface area contributed by atoms with E-state index in [4.69, 9.17) is 0 Å². The molecule has 4 aliphatic rings. The molecule has 5 heteroatoms. The summed E-state index contributed by atoms with van der Waals surface area (Å²) in [7, 11) is 0. The molecule has 4 aliphatic carbocycles. The van der Waals surface area contributed by atoms with E-state index in [1.54, 1.807) is 6.20 Å². The third kappa shape index (κ3) is 2.02. The van der Waals surface area contributed by atoms with Crippen molar-refractivity contribution in [2.24, 2.45) is 17.8 Å². The number of aromatic nitrogens is 4. The van der Waals surface area contributed by atoms with Crippen molar-refractivity contribution in [3.63, 3.8) is 0 Å². The second kappa shape index (κ2) is 4.54. The number of rotatable bonds is 3. The Kier molecular flexibility index (Phi) is 2.60. The molecule has 0 unspecified atom stereocenters. The van der Waals surface area contributed by atoms with Gasteiger partial charge in [-0.3, -0.25) is 4.98 Å². The van der Waals surface area contributed by atoms with Crippen molar-refractivity contribution in [1.82, 2.24) is 20.1 Å². The zero-order chi connectivity index (χ0) is 14.6. The first-order valence-electron chi connectivity index (χ1n) is 8.40. The fourth-order valence-electron chi connectivity index (χ4n) is 5.44. The first kappa shape index (κ1) is 12.6. The van der Waals surface area contributed by atoms with E-state index in [0.717, 1.165) is 29.1 Å². The zero-order valence-electron chi connectivity index (χ0n) is 12.7. The standard InChI is InChI=1S/C17H21N5/c1-2-4-18-15(3-1)16-11-22(21-19-16)20-17-8-12-5-13(9-17)7-14(6-12)10-17/h1-4,11-14,20H,5-10H2. The first-order valence-corrected chi connectivity index (χ1v) is 8.40. The summed E-state index contributed by atoms with van der Waals surface area (Å²) < 4.78 is 0. The molecule has 0 saturated heterocycles. The van der Waals surface area contributed by atoms with Crippen LogP contribution in [0.2, 0.25) is 0 Å². The Balaban J connectivity index is 1.39. The summed E-state index contributed by atoms with van der Waals surface area (Å²) in [5.74, 6) is 2.78. The van der Waals surface area contributed by atoms with E-state index in [1.165, 1.54) is 38.5 Å². The quantitative estimate of drug-likeness (QED) is 0.946. The Morgan fingerprint density at radius 1 is 1.00 bits per heavy atom. The predicted octanol–water partition coefficient (Wildman–Crippen LogP) is 2.85. The van der Waals surface area contributed by atoms with Crippen molar-refractivity contribution in [3.8, 4) is 11.4 Å². The van der Waals surface area contributed by atoms with Crippen LogP contribution in [-0.2, 0) is 0 Å². The highest BCUT2D eigenvalue weighted by atomic mass is 15.6. The molecular weight excluding hydrogens is 274 g/mol. The smallest absolute Gasteiger partial charge is 0.133 e. The fraction of sp³-hybridized carbons (Fsp3) is 0.588. The van der Waals surface area contributed by atoms with Crippen LogP contribution in [0.1, 0.15) is 38.5 Å². The number of nitrogens with zero attached hydrogens (tertiary/aromatic N) is 4. The average Bonchev–Trinajstić information content (AvgIpc) is 2.94. The molecule has 0 radical (unpaired) electrons. The molecule has 0 aliphatic heterocycles. The summed E-state index contributed by atoms with van der Waals surface area (Å²) in [6.45, 7) is 0. The van der Waals surface area contributed by atoms with E-state index in [9.17, 15) is 0 Å². The summed E-state index contributed by atoms with van der Waals surface area (Å²) in [6.07, 6.45) is 12.0. The number of nitrogens with one attached hydrogen (secondary N) is 1. The van der Waals surface area contributed by atoms with Crippen LogP contribution in [-0.4, -0.2) is 25.6 Å². The van der Waals surface area contributed by atoms with Gasteiger partial charge in [-0.15, -0.1) is 5.10 Å². The molecule has 4 bridgehead atoms. The second-order valence-corrected chi connectivity index (χ2v) is 7.57. The van der Waals surface area contributed by atoms with E-state index >= 15 is 0 Å². The maximum absolute atomic E-state index is 4.35. The topological polar surface area (TPSA) is 55.6 Å². The molecule has 4 saturated carbocycles. The molecule has 0 amide bonds. The van der Waals surface area contributed by atoms with Crippen molar-refractivity contribution in [2.45, 2.75) is 44.1 Å². The van der Waals surface area contributed by atoms with Gasteiger partial charge in [-0.2, -0.15) is 4.79 Å². The van der Waals surface area contributed by atoms with Gasteiger partial charge in [0.2, 0.25) is 0 Å². The second-order valence-electron chi connectivity index (χ2n) is 7.57. The molecule has 2 heterocycles. The van der Waals surface area contributed by atoms with Gasteiger partial charge in [0.25, 0.3) is 0 Å². The van der Waals surface area contributed by atoms with Crippen LogP contribution < -0.4 is 5.43 Å². The van der Waals surface area contributed by atoms with Gasteiger partial charge in [0.1, 0.15) is 5.69 Å². The summed E-state index contributed by atoms with van der Waals surface area (Å²) in [6, 6.07) is 5.87. The minimum atomic E-state index is 0.254. The molecule has 2 aromatic rings. The van der Waals surface area contributed by atoms with Crippen LogP contribution >= 0.6 is 0 Å². The molecular formula is C17H21N5. The summed E-state index contributed by atoms with van der Waals surface area (Å²) in [5.41, 5.74) is 5.65. The van der Waals surface area contributed by atoms with Crippen molar-refractivity contribution >= 4 is 0 Å². The van der Waals surface area contributed by atoms with Crippen LogP contribution in [0, 0.1) is 17.8 Å². The SMILES string of the molecule is c1ccc(-c2cn(NC34CC5CC(CC(C5)C3)C4)nn2)nc1. The number of hydrogen-bond donors (Lipinski definition) is 1. The molecule has 4 fully saturated rings. The zero-order valence-corrected chi connectivity index (χ0v) is 12.7.